The van der Waals surface area contributed by atoms with Gasteiger partial charge < -0.3 is 10.4 Å². The van der Waals surface area contributed by atoms with Gasteiger partial charge in [-0.3, -0.25) is 4.79 Å². The Morgan fingerprint density at radius 1 is 1.24 bits per heavy atom. The van der Waals surface area contributed by atoms with E-state index in [9.17, 15) is 9.90 Å². The van der Waals surface area contributed by atoms with Crippen molar-refractivity contribution in [2.75, 3.05) is 6.54 Å². The molecule has 0 spiro atoms. The lowest BCUT2D eigenvalue weighted by atomic mass is 9.87. The van der Waals surface area contributed by atoms with Gasteiger partial charge in [-0.05, 0) is 51.0 Å². The van der Waals surface area contributed by atoms with E-state index in [1.54, 1.807) is 0 Å². The first kappa shape index (κ1) is 16.0. The molecule has 0 radical (unpaired) electrons. The zero-order chi connectivity index (χ0) is 15.2. The van der Waals surface area contributed by atoms with Gasteiger partial charge in [0.2, 0.25) is 5.91 Å². The number of carbonyl (C=O) groups excluding carboxylic acids is 1. The minimum Gasteiger partial charge on any atom is -0.393 e. The number of aryl methyl sites for hydroxylation is 3. The maximum atomic E-state index is 11.9. The van der Waals surface area contributed by atoms with Crippen molar-refractivity contribution in [2.24, 2.45) is 5.92 Å². The predicted octanol–water partition coefficient (Wildman–Crippen LogP) is 2.90. The van der Waals surface area contributed by atoms with Crippen LogP contribution in [-0.4, -0.2) is 23.7 Å². The van der Waals surface area contributed by atoms with E-state index in [1.807, 2.05) is 0 Å². The van der Waals surface area contributed by atoms with Gasteiger partial charge in [0.15, 0.2) is 0 Å². The van der Waals surface area contributed by atoms with Crippen LogP contribution in [0.5, 0.6) is 0 Å². The highest BCUT2D eigenvalue weighted by Crippen LogP contribution is 2.23. The van der Waals surface area contributed by atoms with E-state index >= 15 is 0 Å². The van der Waals surface area contributed by atoms with Crippen LogP contribution in [0.2, 0.25) is 0 Å². The van der Waals surface area contributed by atoms with Crippen molar-refractivity contribution >= 4 is 5.91 Å². The third kappa shape index (κ3) is 5.50. The van der Waals surface area contributed by atoms with Crippen LogP contribution in [0.15, 0.2) is 18.2 Å². The molecule has 1 amide bonds. The number of aliphatic hydroxyl groups is 1. The minimum atomic E-state index is -0.170. The Bertz CT molecular complexity index is 464. The highest BCUT2D eigenvalue weighted by atomic mass is 16.3. The lowest BCUT2D eigenvalue weighted by Crippen LogP contribution is -2.33. The standard InChI is InChI=1S/C18H27NO2/c1-13-8-14(2)10-15(9-13)6-7-18(21)19-12-16-4-3-5-17(20)11-16/h8-10,16-17,20H,3-7,11-12H2,1-2H3,(H,19,21). The number of rotatable bonds is 5. The van der Waals surface area contributed by atoms with Gasteiger partial charge in [0.25, 0.3) is 0 Å². The number of hydrogen-bond acceptors (Lipinski definition) is 2. The Kier molecular flexibility index (Phi) is 5.80. The summed E-state index contributed by atoms with van der Waals surface area (Å²) < 4.78 is 0. The summed E-state index contributed by atoms with van der Waals surface area (Å²) in [5.41, 5.74) is 3.74. The van der Waals surface area contributed by atoms with Gasteiger partial charge in [-0.25, -0.2) is 0 Å². The summed E-state index contributed by atoms with van der Waals surface area (Å²) in [7, 11) is 0. The van der Waals surface area contributed by atoms with E-state index in [-0.39, 0.29) is 12.0 Å². The molecule has 1 aliphatic rings. The highest BCUT2D eigenvalue weighted by Gasteiger charge is 2.20. The van der Waals surface area contributed by atoms with Gasteiger partial charge in [-0.15, -0.1) is 0 Å². The van der Waals surface area contributed by atoms with Crippen molar-refractivity contribution in [3.63, 3.8) is 0 Å². The molecule has 0 heterocycles. The van der Waals surface area contributed by atoms with Crippen molar-refractivity contribution in [3.05, 3.63) is 34.9 Å². The molecule has 3 heteroatoms. The topological polar surface area (TPSA) is 49.3 Å². The molecule has 0 bridgehead atoms. The first-order valence-electron chi connectivity index (χ1n) is 8.05. The van der Waals surface area contributed by atoms with E-state index in [1.165, 1.54) is 16.7 Å². The van der Waals surface area contributed by atoms with Gasteiger partial charge in [0, 0.05) is 13.0 Å². The Balaban J connectivity index is 1.72. The summed E-state index contributed by atoms with van der Waals surface area (Å²) >= 11 is 0. The molecule has 21 heavy (non-hydrogen) atoms. The van der Waals surface area contributed by atoms with Crippen molar-refractivity contribution in [3.8, 4) is 0 Å². The molecule has 116 valence electrons. The van der Waals surface area contributed by atoms with E-state index in [0.717, 1.165) is 32.1 Å². The smallest absolute Gasteiger partial charge is 0.220 e. The van der Waals surface area contributed by atoms with Crippen LogP contribution < -0.4 is 5.32 Å². The SMILES string of the molecule is Cc1cc(C)cc(CCC(=O)NCC2CCCC(O)C2)c1. The van der Waals surface area contributed by atoms with E-state index in [2.05, 4.69) is 37.4 Å². The summed E-state index contributed by atoms with van der Waals surface area (Å²) in [6.45, 7) is 4.89. The second kappa shape index (κ2) is 7.60. The molecule has 0 saturated heterocycles. The molecule has 2 rings (SSSR count). The molecule has 3 nitrogen and oxygen atoms in total. The quantitative estimate of drug-likeness (QED) is 0.875. The Labute approximate surface area is 127 Å². The number of nitrogens with one attached hydrogen (secondary N) is 1. The van der Waals surface area contributed by atoms with Crippen LogP contribution in [0.25, 0.3) is 0 Å². The van der Waals surface area contributed by atoms with E-state index in [0.29, 0.717) is 18.9 Å². The molecule has 2 atom stereocenters. The average molecular weight is 289 g/mol. The monoisotopic (exact) mass is 289 g/mol. The molecule has 1 aliphatic carbocycles. The summed E-state index contributed by atoms with van der Waals surface area (Å²) in [5.74, 6) is 0.563. The van der Waals surface area contributed by atoms with Crippen molar-refractivity contribution in [1.82, 2.24) is 5.32 Å². The zero-order valence-electron chi connectivity index (χ0n) is 13.2. The van der Waals surface area contributed by atoms with Crippen molar-refractivity contribution in [2.45, 2.75) is 58.5 Å². The van der Waals surface area contributed by atoms with Crippen LogP contribution in [0.1, 0.15) is 48.8 Å². The second-order valence-electron chi connectivity index (χ2n) is 6.49. The van der Waals surface area contributed by atoms with Gasteiger partial charge in [0.1, 0.15) is 0 Å². The zero-order valence-corrected chi connectivity index (χ0v) is 13.2. The predicted molar refractivity (Wildman–Crippen MR) is 85.2 cm³/mol. The van der Waals surface area contributed by atoms with Gasteiger partial charge in [-0.2, -0.15) is 0 Å². The normalized spacial score (nSPS) is 22.0. The van der Waals surface area contributed by atoms with E-state index in [4.69, 9.17) is 0 Å². The fourth-order valence-corrected chi connectivity index (χ4v) is 3.27. The third-order valence-electron chi connectivity index (χ3n) is 4.27. The Hall–Kier alpha value is -1.35. The fraction of sp³-hybridized carbons (Fsp3) is 0.611. The van der Waals surface area contributed by atoms with Crippen LogP contribution in [0.3, 0.4) is 0 Å². The van der Waals surface area contributed by atoms with Gasteiger partial charge >= 0.3 is 0 Å². The number of carbonyl (C=O) groups is 1. The lowest BCUT2D eigenvalue weighted by molar-refractivity contribution is -0.121. The van der Waals surface area contributed by atoms with Gasteiger partial charge in [0.05, 0.1) is 6.10 Å². The summed E-state index contributed by atoms with van der Waals surface area (Å²) in [4.78, 5) is 11.9. The summed E-state index contributed by atoms with van der Waals surface area (Å²) in [6.07, 6.45) is 5.10. The second-order valence-corrected chi connectivity index (χ2v) is 6.49. The molecule has 0 aromatic heterocycles. The molecule has 0 aliphatic heterocycles. The van der Waals surface area contributed by atoms with Crippen LogP contribution >= 0.6 is 0 Å². The molecular weight excluding hydrogens is 262 g/mol. The Morgan fingerprint density at radius 3 is 2.62 bits per heavy atom. The fourth-order valence-electron chi connectivity index (χ4n) is 3.27. The molecule has 1 aromatic carbocycles. The number of hydrogen-bond donors (Lipinski definition) is 2. The largest absolute Gasteiger partial charge is 0.393 e. The van der Waals surface area contributed by atoms with E-state index < -0.39 is 0 Å². The van der Waals surface area contributed by atoms with Crippen molar-refractivity contribution < 1.29 is 9.90 Å². The third-order valence-corrected chi connectivity index (χ3v) is 4.27. The van der Waals surface area contributed by atoms with Crippen LogP contribution in [0, 0.1) is 19.8 Å². The molecule has 1 saturated carbocycles. The first-order valence-corrected chi connectivity index (χ1v) is 8.05. The molecule has 1 aromatic rings. The molecule has 2 N–H and O–H groups in total. The maximum absolute atomic E-state index is 11.9. The molecular formula is C18H27NO2. The maximum Gasteiger partial charge on any atom is 0.220 e. The minimum absolute atomic E-state index is 0.120. The van der Waals surface area contributed by atoms with Crippen molar-refractivity contribution in [1.29, 1.82) is 0 Å². The Morgan fingerprint density at radius 2 is 1.95 bits per heavy atom. The number of aliphatic hydroxyl groups excluding tert-OH is 1. The number of benzene rings is 1. The average Bonchev–Trinajstić information content (AvgIpc) is 2.42. The van der Waals surface area contributed by atoms with Crippen LogP contribution in [-0.2, 0) is 11.2 Å². The molecule has 1 fully saturated rings. The summed E-state index contributed by atoms with van der Waals surface area (Å²) in [5, 5.41) is 12.7. The van der Waals surface area contributed by atoms with Gasteiger partial charge in [-0.1, -0.05) is 35.7 Å². The number of amides is 1. The highest BCUT2D eigenvalue weighted by molar-refractivity contribution is 5.76. The molecule has 2 unspecified atom stereocenters. The lowest BCUT2D eigenvalue weighted by Gasteiger charge is -2.25. The van der Waals surface area contributed by atoms with Crippen LogP contribution in [0.4, 0.5) is 0 Å². The first-order chi connectivity index (χ1) is 10.0. The summed E-state index contributed by atoms with van der Waals surface area (Å²) in [6, 6.07) is 6.45.